The minimum atomic E-state index is 0.0540. The lowest BCUT2D eigenvalue weighted by Crippen LogP contribution is -2.30. The minimum Gasteiger partial charge on any atom is -0.355 e. The largest absolute Gasteiger partial charge is 0.355 e. The number of hydrogen-bond donors (Lipinski definition) is 1. The Balaban J connectivity index is 1.87. The van der Waals surface area contributed by atoms with E-state index in [1.807, 2.05) is 25.1 Å². The molecule has 0 radical (unpaired) electrons. The third kappa shape index (κ3) is 6.17. The molecule has 4 nitrogen and oxygen atoms in total. The van der Waals surface area contributed by atoms with Crippen LogP contribution in [0.1, 0.15) is 25.8 Å². The summed E-state index contributed by atoms with van der Waals surface area (Å²) in [6, 6.07) is 7.90. The Bertz CT molecular complexity index is 719. The highest BCUT2D eigenvalue weighted by molar-refractivity contribution is 8.00. The van der Waals surface area contributed by atoms with Crippen LogP contribution in [0.5, 0.6) is 0 Å². The quantitative estimate of drug-likeness (QED) is 0.404. The highest BCUT2D eigenvalue weighted by Gasteiger charge is 2.09. The average Bonchev–Trinajstić information content (AvgIpc) is 2.60. The van der Waals surface area contributed by atoms with Crippen molar-refractivity contribution in [3.8, 4) is 0 Å². The summed E-state index contributed by atoms with van der Waals surface area (Å²) in [5.41, 5.74) is 2.03. The zero-order valence-corrected chi connectivity index (χ0v) is 16.7. The smallest absolute Gasteiger partial charge is 0.230 e. The summed E-state index contributed by atoms with van der Waals surface area (Å²) in [5, 5.41) is 4.50. The van der Waals surface area contributed by atoms with E-state index in [4.69, 9.17) is 11.6 Å². The molecule has 0 spiro atoms. The van der Waals surface area contributed by atoms with Gasteiger partial charge in [0.2, 0.25) is 5.91 Å². The standard InChI is InChI=1S/C19H26ClN3OS/c1-4-23(5-2)10-6-9-21-19(24)13-25-17-12-18(20)22-16-8-7-14(3)11-15(16)17/h7-8,11-12H,4-6,9-10,13H2,1-3H3,(H,21,24). The van der Waals surface area contributed by atoms with E-state index in [1.54, 1.807) is 0 Å². The molecule has 2 aromatic rings. The van der Waals surface area contributed by atoms with E-state index in [-0.39, 0.29) is 5.91 Å². The number of carbonyl (C=O) groups excluding carboxylic acids is 1. The third-order valence-corrected chi connectivity index (χ3v) is 5.37. The number of pyridine rings is 1. The number of fused-ring (bicyclic) bond motifs is 1. The summed E-state index contributed by atoms with van der Waals surface area (Å²) in [6.45, 7) is 10.2. The highest BCUT2D eigenvalue weighted by Crippen LogP contribution is 2.30. The lowest BCUT2D eigenvalue weighted by Gasteiger charge is -2.17. The zero-order chi connectivity index (χ0) is 18.2. The Labute approximate surface area is 159 Å². The molecule has 0 saturated heterocycles. The first-order valence-corrected chi connectivity index (χ1v) is 10.1. The number of nitrogens with one attached hydrogen (secondary N) is 1. The van der Waals surface area contributed by atoms with E-state index < -0.39 is 0 Å². The van der Waals surface area contributed by atoms with Gasteiger partial charge in [0.15, 0.2) is 0 Å². The van der Waals surface area contributed by atoms with Gasteiger partial charge >= 0.3 is 0 Å². The molecule has 0 saturated carbocycles. The lowest BCUT2D eigenvalue weighted by atomic mass is 10.1. The molecule has 0 atom stereocenters. The summed E-state index contributed by atoms with van der Waals surface area (Å²) in [6.07, 6.45) is 0.974. The van der Waals surface area contributed by atoms with Gasteiger partial charge in [-0.05, 0) is 51.2 Å². The van der Waals surface area contributed by atoms with Gasteiger partial charge in [0.25, 0.3) is 0 Å². The molecule has 25 heavy (non-hydrogen) atoms. The maximum absolute atomic E-state index is 12.1. The molecule has 1 aromatic carbocycles. The second-order valence-corrected chi connectivity index (χ2v) is 7.39. The van der Waals surface area contributed by atoms with Crippen LogP contribution in [-0.4, -0.2) is 47.7 Å². The van der Waals surface area contributed by atoms with E-state index in [2.05, 4.69) is 35.1 Å². The van der Waals surface area contributed by atoms with Crippen molar-refractivity contribution in [1.29, 1.82) is 0 Å². The van der Waals surface area contributed by atoms with Crippen LogP contribution in [0.4, 0.5) is 0 Å². The first-order valence-electron chi connectivity index (χ1n) is 8.72. The molecule has 1 amide bonds. The minimum absolute atomic E-state index is 0.0540. The predicted molar refractivity (Wildman–Crippen MR) is 108 cm³/mol. The van der Waals surface area contributed by atoms with Gasteiger partial charge in [-0.3, -0.25) is 4.79 Å². The second kappa shape index (κ2) is 10.00. The Morgan fingerprint density at radius 3 is 2.76 bits per heavy atom. The maximum Gasteiger partial charge on any atom is 0.230 e. The van der Waals surface area contributed by atoms with Gasteiger partial charge in [0.1, 0.15) is 5.15 Å². The number of hydrogen-bond acceptors (Lipinski definition) is 4. The van der Waals surface area contributed by atoms with Crippen LogP contribution < -0.4 is 5.32 Å². The molecule has 136 valence electrons. The Hall–Kier alpha value is -1.30. The monoisotopic (exact) mass is 379 g/mol. The van der Waals surface area contributed by atoms with E-state index in [0.717, 1.165) is 41.9 Å². The first kappa shape index (κ1) is 20.0. The number of thioether (sulfide) groups is 1. The van der Waals surface area contributed by atoms with Gasteiger partial charge in [-0.15, -0.1) is 11.8 Å². The van der Waals surface area contributed by atoms with Gasteiger partial charge in [-0.2, -0.15) is 0 Å². The van der Waals surface area contributed by atoms with Crippen molar-refractivity contribution in [2.75, 3.05) is 31.9 Å². The zero-order valence-electron chi connectivity index (χ0n) is 15.1. The van der Waals surface area contributed by atoms with E-state index in [9.17, 15) is 4.79 Å². The van der Waals surface area contributed by atoms with E-state index in [1.165, 1.54) is 17.3 Å². The van der Waals surface area contributed by atoms with Gasteiger partial charge in [-0.1, -0.05) is 37.1 Å². The predicted octanol–water partition coefficient (Wildman–Crippen LogP) is 4.14. The van der Waals surface area contributed by atoms with Crippen LogP contribution in [0.3, 0.4) is 0 Å². The number of aromatic nitrogens is 1. The topological polar surface area (TPSA) is 45.2 Å². The maximum atomic E-state index is 12.1. The molecule has 2 rings (SSSR count). The van der Waals surface area contributed by atoms with E-state index in [0.29, 0.717) is 17.5 Å². The number of halogens is 1. The van der Waals surface area contributed by atoms with Crippen molar-refractivity contribution < 1.29 is 4.79 Å². The molecule has 6 heteroatoms. The number of carbonyl (C=O) groups is 1. The van der Waals surface area contributed by atoms with Crippen molar-refractivity contribution in [1.82, 2.24) is 15.2 Å². The number of aryl methyl sites for hydroxylation is 1. The molecule has 0 aliphatic rings. The number of rotatable bonds is 9. The van der Waals surface area contributed by atoms with Crippen LogP contribution in [0.25, 0.3) is 10.9 Å². The fourth-order valence-electron chi connectivity index (χ4n) is 2.66. The van der Waals surface area contributed by atoms with Crippen LogP contribution in [-0.2, 0) is 4.79 Å². The second-order valence-electron chi connectivity index (χ2n) is 5.98. The molecule has 0 fully saturated rings. The molecule has 1 aromatic heterocycles. The fraction of sp³-hybridized carbons (Fsp3) is 0.474. The van der Waals surface area contributed by atoms with Gasteiger partial charge in [-0.25, -0.2) is 4.98 Å². The molecule has 0 bridgehead atoms. The lowest BCUT2D eigenvalue weighted by molar-refractivity contribution is -0.118. The van der Waals surface area contributed by atoms with Gasteiger partial charge in [0, 0.05) is 16.8 Å². The molecular formula is C19H26ClN3OS. The SMILES string of the molecule is CCN(CC)CCCNC(=O)CSc1cc(Cl)nc2ccc(C)cc12. The van der Waals surface area contributed by atoms with Crippen LogP contribution >= 0.6 is 23.4 Å². The first-order chi connectivity index (χ1) is 12.0. The number of benzene rings is 1. The molecule has 0 aliphatic carbocycles. The Kier molecular flexibility index (Phi) is 8.00. The Morgan fingerprint density at radius 1 is 1.28 bits per heavy atom. The van der Waals surface area contributed by atoms with E-state index >= 15 is 0 Å². The van der Waals surface area contributed by atoms with Gasteiger partial charge in [0.05, 0.1) is 11.3 Å². The summed E-state index contributed by atoms with van der Waals surface area (Å²) in [4.78, 5) is 19.8. The van der Waals surface area contributed by atoms with Crippen molar-refractivity contribution >= 4 is 40.2 Å². The fourth-order valence-corrected chi connectivity index (χ4v) is 3.83. The number of nitrogens with zero attached hydrogens (tertiary/aromatic N) is 2. The molecule has 0 aliphatic heterocycles. The Morgan fingerprint density at radius 2 is 2.04 bits per heavy atom. The van der Waals surface area contributed by atoms with Crippen molar-refractivity contribution in [3.05, 3.63) is 35.0 Å². The summed E-state index contributed by atoms with van der Waals surface area (Å²) in [7, 11) is 0. The van der Waals surface area contributed by atoms with Crippen LogP contribution in [0.15, 0.2) is 29.2 Å². The van der Waals surface area contributed by atoms with Crippen LogP contribution in [0.2, 0.25) is 5.15 Å². The molecule has 0 unspecified atom stereocenters. The molecule has 1 heterocycles. The van der Waals surface area contributed by atoms with Crippen molar-refractivity contribution in [2.45, 2.75) is 32.1 Å². The normalized spacial score (nSPS) is 11.2. The van der Waals surface area contributed by atoms with Gasteiger partial charge < -0.3 is 10.2 Å². The number of amides is 1. The van der Waals surface area contributed by atoms with Crippen molar-refractivity contribution in [2.24, 2.45) is 0 Å². The third-order valence-electron chi connectivity index (χ3n) is 4.12. The molecule has 1 N–H and O–H groups in total. The molecular weight excluding hydrogens is 354 g/mol. The van der Waals surface area contributed by atoms with Crippen molar-refractivity contribution in [3.63, 3.8) is 0 Å². The summed E-state index contributed by atoms with van der Waals surface area (Å²) < 4.78 is 0. The average molecular weight is 380 g/mol. The highest BCUT2D eigenvalue weighted by atomic mass is 35.5. The summed E-state index contributed by atoms with van der Waals surface area (Å²) in [5.74, 6) is 0.438. The summed E-state index contributed by atoms with van der Waals surface area (Å²) >= 11 is 7.62. The van der Waals surface area contributed by atoms with Crippen LogP contribution in [0, 0.1) is 6.92 Å².